The van der Waals surface area contributed by atoms with E-state index in [4.69, 9.17) is 9.47 Å². The number of nitrogens with one attached hydrogen (secondary N) is 2. The molecule has 0 aliphatic rings. The Morgan fingerprint density at radius 1 is 0.833 bits per heavy atom. The average Bonchev–Trinajstić information content (AvgIpc) is 2.60. The quantitative estimate of drug-likeness (QED) is 0.698. The molecule has 0 spiro atoms. The van der Waals surface area contributed by atoms with E-state index in [0.717, 1.165) is 37.7 Å². The van der Waals surface area contributed by atoms with Crippen molar-refractivity contribution in [3.8, 4) is 11.5 Å². The third-order valence-corrected chi connectivity index (χ3v) is 4.21. The SMILES string of the molecule is COc1ccc(C[NH+](CC[NH+](C)C)Cc2ccccc2)c(OC)c1. The zero-order valence-corrected chi connectivity index (χ0v) is 15.3. The molecule has 4 heteroatoms. The lowest BCUT2D eigenvalue weighted by Crippen LogP contribution is -3.16. The van der Waals surface area contributed by atoms with Crippen molar-refractivity contribution in [2.75, 3.05) is 41.4 Å². The highest BCUT2D eigenvalue weighted by Gasteiger charge is 2.16. The van der Waals surface area contributed by atoms with Crippen molar-refractivity contribution >= 4 is 0 Å². The number of hydrogen-bond donors (Lipinski definition) is 2. The molecular weight excluding hydrogens is 300 g/mol. The molecule has 2 rings (SSSR count). The van der Waals surface area contributed by atoms with Crippen molar-refractivity contribution in [1.82, 2.24) is 0 Å². The molecule has 4 nitrogen and oxygen atoms in total. The first-order valence-corrected chi connectivity index (χ1v) is 8.49. The summed E-state index contributed by atoms with van der Waals surface area (Å²) in [6.07, 6.45) is 0. The van der Waals surface area contributed by atoms with Gasteiger partial charge in [-0.1, -0.05) is 30.3 Å². The Morgan fingerprint density at radius 2 is 1.58 bits per heavy atom. The van der Waals surface area contributed by atoms with Crippen LogP contribution in [0.5, 0.6) is 11.5 Å². The Kier molecular flexibility index (Phi) is 7.09. The Bertz CT molecular complexity index is 614. The van der Waals surface area contributed by atoms with Gasteiger partial charge in [0, 0.05) is 17.2 Å². The predicted molar refractivity (Wildman–Crippen MR) is 96.9 cm³/mol. The van der Waals surface area contributed by atoms with E-state index in [2.05, 4.69) is 50.5 Å². The topological polar surface area (TPSA) is 27.3 Å². The van der Waals surface area contributed by atoms with E-state index in [9.17, 15) is 0 Å². The lowest BCUT2D eigenvalue weighted by Gasteiger charge is -2.21. The van der Waals surface area contributed by atoms with Gasteiger partial charge in [-0.15, -0.1) is 0 Å². The first-order chi connectivity index (χ1) is 11.6. The molecule has 0 bridgehead atoms. The monoisotopic (exact) mass is 330 g/mol. The van der Waals surface area contributed by atoms with E-state index in [0.29, 0.717) is 0 Å². The van der Waals surface area contributed by atoms with E-state index in [-0.39, 0.29) is 0 Å². The summed E-state index contributed by atoms with van der Waals surface area (Å²) in [4.78, 5) is 3.01. The Morgan fingerprint density at radius 3 is 2.21 bits per heavy atom. The summed E-state index contributed by atoms with van der Waals surface area (Å²) < 4.78 is 10.9. The standard InChI is InChI=1S/C20H28N2O2/c1-21(2)12-13-22(15-17-8-6-5-7-9-17)16-18-10-11-19(23-3)14-20(18)24-4/h5-11,14H,12-13,15-16H2,1-4H3/p+2. The maximum atomic E-state index is 5.57. The smallest absolute Gasteiger partial charge is 0.131 e. The fourth-order valence-electron chi connectivity index (χ4n) is 2.82. The summed E-state index contributed by atoms with van der Waals surface area (Å²) in [5.41, 5.74) is 2.59. The number of benzene rings is 2. The molecular formula is C20H30N2O2+2. The molecule has 2 N–H and O–H groups in total. The third-order valence-electron chi connectivity index (χ3n) is 4.21. The van der Waals surface area contributed by atoms with E-state index in [1.54, 1.807) is 14.2 Å². The van der Waals surface area contributed by atoms with Gasteiger partial charge < -0.3 is 19.3 Å². The maximum absolute atomic E-state index is 5.57. The van der Waals surface area contributed by atoms with Crippen molar-refractivity contribution < 1.29 is 19.3 Å². The Labute approximate surface area is 145 Å². The second-order valence-corrected chi connectivity index (χ2v) is 6.47. The largest absolute Gasteiger partial charge is 0.497 e. The number of hydrogen-bond acceptors (Lipinski definition) is 2. The third kappa shape index (κ3) is 5.55. The number of quaternary nitrogens is 2. The Balaban J connectivity index is 2.14. The summed E-state index contributed by atoms with van der Waals surface area (Å²) in [6, 6.07) is 16.8. The molecule has 0 saturated carbocycles. The van der Waals surface area contributed by atoms with Crippen LogP contribution in [0.1, 0.15) is 11.1 Å². The minimum Gasteiger partial charge on any atom is -0.497 e. The van der Waals surface area contributed by atoms with Crippen molar-refractivity contribution in [2.24, 2.45) is 0 Å². The van der Waals surface area contributed by atoms with Gasteiger partial charge in [-0.05, 0) is 12.1 Å². The van der Waals surface area contributed by atoms with Crippen LogP contribution in [0.25, 0.3) is 0 Å². The fraction of sp³-hybridized carbons (Fsp3) is 0.400. The summed E-state index contributed by atoms with van der Waals surface area (Å²) in [7, 11) is 7.81. The van der Waals surface area contributed by atoms with Crippen LogP contribution < -0.4 is 19.3 Å². The van der Waals surface area contributed by atoms with Crippen LogP contribution in [-0.4, -0.2) is 41.4 Å². The highest BCUT2D eigenvalue weighted by atomic mass is 16.5. The lowest BCUT2D eigenvalue weighted by molar-refractivity contribution is -0.960. The summed E-state index contributed by atoms with van der Waals surface area (Å²) in [5.74, 6) is 1.73. The summed E-state index contributed by atoms with van der Waals surface area (Å²) in [6.45, 7) is 4.21. The van der Waals surface area contributed by atoms with Gasteiger partial charge in [0.15, 0.2) is 0 Å². The maximum Gasteiger partial charge on any atom is 0.131 e. The van der Waals surface area contributed by atoms with Gasteiger partial charge in [0.2, 0.25) is 0 Å². The molecule has 0 radical (unpaired) electrons. The molecule has 2 aromatic rings. The number of rotatable bonds is 9. The first-order valence-electron chi connectivity index (χ1n) is 8.49. The highest BCUT2D eigenvalue weighted by molar-refractivity contribution is 5.40. The summed E-state index contributed by atoms with van der Waals surface area (Å²) in [5, 5.41) is 0. The van der Waals surface area contributed by atoms with E-state index >= 15 is 0 Å². The van der Waals surface area contributed by atoms with Crippen LogP contribution in [0.2, 0.25) is 0 Å². The van der Waals surface area contributed by atoms with Crippen LogP contribution in [0.4, 0.5) is 0 Å². The Hall–Kier alpha value is -2.04. The molecule has 0 aliphatic carbocycles. The van der Waals surface area contributed by atoms with E-state index in [1.807, 2.05) is 12.1 Å². The molecule has 1 unspecified atom stereocenters. The average molecular weight is 330 g/mol. The molecule has 0 aliphatic heterocycles. The van der Waals surface area contributed by atoms with Crippen molar-refractivity contribution in [3.63, 3.8) is 0 Å². The van der Waals surface area contributed by atoms with Gasteiger partial charge >= 0.3 is 0 Å². The molecule has 24 heavy (non-hydrogen) atoms. The molecule has 130 valence electrons. The van der Waals surface area contributed by atoms with Crippen LogP contribution in [0.3, 0.4) is 0 Å². The number of likely N-dealkylation sites (N-methyl/N-ethyl adjacent to an activating group) is 1. The number of ether oxygens (including phenoxy) is 2. The fourth-order valence-corrected chi connectivity index (χ4v) is 2.82. The zero-order chi connectivity index (χ0) is 17.4. The van der Waals surface area contributed by atoms with Gasteiger partial charge in [0.1, 0.15) is 37.7 Å². The minimum absolute atomic E-state index is 0.831. The van der Waals surface area contributed by atoms with Gasteiger partial charge in [-0.3, -0.25) is 0 Å². The van der Waals surface area contributed by atoms with E-state index < -0.39 is 0 Å². The lowest BCUT2D eigenvalue weighted by atomic mass is 10.1. The number of methoxy groups -OCH3 is 2. The second kappa shape index (κ2) is 9.30. The summed E-state index contributed by atoms with van der Waals surface area (Å²) >= 11 is 0. The van der Waals surface area contributed by atoms with Crippen LogP contribution in [-0.2, 0) is 13.1 Å². The van der Waals surface area contributed by atoms with Crippen LogP contribution in [0, 0.1) is 0 Å². The van der Waals surface area contributed by atoms with Gasteiger partial charge in [0.05, 0.1) is 28.3 Å². The zero-order valence-electron chi connectivity index (χ0n) is 15.3. The van der Waals surface area contributed by atoms with Crippen LogP contribution >= 0.6 is 0 Å². The van der Waals surface area contributed by atoms with Gasteiger partial charge in [-0.25, -0.2) is 0 Å². The normalized spacial score (nSPS) is 12.2. The molecule has 2 aromatic carbocycles. The molecule has 0 amide bonds. The van der Waals surface area contributed by atoms with Crippen LogP contribution in [0.15, 0.2) is 48.5 Å². The minimum atomic E-state index is 0.831. The molecule has 0 saturated heterocycles. The second-order valence-electron chi connectivity index (χ2n) is 6.47. The van der Waals surface area contributed by atoms with Gasteiger partial charge in [-0.2, -0.15) is 0 Å². The van der Waals surface area contributed by atoms with Crippen molar-refractivity contribution in [3.05, 3.63) is 59.7 Å². The predicted octanol–water partition coefficient (Wildman–Crippen LogP) is 0.433. The van der Waals surface area contributed by atoms with Gasteiger partial charge in [0.25, 0.3) is 0 Å². The molecule has 0 heterocycles. The van der Waals surface area contributed by atoms with E-state index in [1.165, 1.54) is 20.9 Å². The molecule has 1 atom stereocenters. The highest BCUT2D eigenvalue weighted by Crippen LogP contribution is 2.23. The first kappa shape index (κ1) is 18.3. The van der Waals surface area contributed by atoms with Crippen molar-refractivity contribution in [1.29, 1.82) is 0 Å². The molecule has 0 fully saturated rings. The van der Waals surface area contributed by atoms with Crippen molar-refractivity contribution in [2.45, 2.75) is 13.1 Å². The molecule has 0 aromatic heterocycles.